The van der Waals surface area contributed by atoms with E-state index in [4.69, 9.17) is 4.98 Å². The fourth-order valence-corrected chi connectivity index (χ4v) is 3.56. The predicted molar refractivity (Wildman–Crippen MR) is 118 cm³/mol. The van der Waals surface area contributed by atoms with Crippen molar-refractivity contribution in [3.05, 3.63) is 87.3 Å². The fraction of sp³-hybridized carbons (Fsp3) is 0.208. The van der Waals surface area contributed by atoms with Gasteiger partial charge < -0.3 is 4.57 Å². The molecule has 3 aromatic heterocycles. The van der Waals surface area contributed by atoms with Gasteiger partial charge in [-0.3, -0.25) is 14.0 Å². The molecule has 0 aliphatic heterocycles. The zero-order valence-corrected chi connectivity index (χ0v) is 17.4. The zero-order valence-electron chi connectivity index (χ0n) is 17.4. The van der Waals surface area contributed by atoms with Gasteiger partial charge in [0.2, 0.25) is 0 Å². The average molecular weight is 411 g/mol. The fourth-order valence-electron chi connectivity index (χ4n) is 3.56. The minimum Gasteiger partial charge on any atom is -0.309 e. The number of amides is 1. The van der Waals surface area contributed by atoms with Crippen molar-refractivity contribution >= 4 is 22.6 Å². The normalized spacial score (nSPS) is 11.7. The Hall–Kier alpha value is -4.05. The van der Waals surface area contributed by atoms with Gasteiger partial charge in [0.15, 0.2) is 5.49 Å². The number of nitrogens with zero attached hydrogens (tertiary/aromatic N) is 5. The number of pyridine rings is 2. The van der Waals surface area contributed by atoms with Crippen LogP contribution < -0.4 is 11.0 Å². The Labute approximate surface area is 178 Å². The summed E-state index contributed by atoms with van der Waals surface area (Å²) in [6.45, 7) is 4.42. The zero-order chi connectivity index (χ0) is 22.0. The predicted octanol–water partition coefficient (Wildman–Crippen LogP) is 3.37. The number of rotatable bonds is 4. The summed E-state index contributed by atoms with van der Waals surface area (Å²) < 4.78 is 3.21. The Morgan fingerprint density at radius 3 is 2.65 bits per heavy atom. The first-order chi connectivity index (χ1) is 15.0. The van der Waals surface area contributed by atoms with Gasteiger partial charge in [0, 0.05) is 18.3 Å². The second kappa shape index (κ2) is 8.36. The Balaban J connectivity index is 2.12. The first-order valence-electron chi connectivity index (χ1n) is 10.1. The Kier molecular flexibility index (Phi) is 5.46. The number of nitriles is 1. The second-order valence-corrected chi connectivity index (χ2v) is 7.32. The highest BCUT2D eigenvalue weighted by atomic mass is 16.1. The molecule has 0 atom stereocenters. The molecule has 0 radical (unpaired) electrons. The third kappa shape index (κ3) is 3.64. The van der Waals surface area contributed by atoms with Gasteiger partial charge in [-0.05, 0) is 43.2 Å². The van der Waals surface area contributed by atoms with Crippen molar-refractivity contribution in [3.63, 3.8) is 0 Å². The summed E-state index contributed by atoms with van der Waals surface area (Å²) in [7, 11) is 0. The number of carbonyl (C=O) groups is 1. The minimum absolute atomic E-state index is 0.166. The second-order valence-electron chi connectivity index (χ2n) is 7.32. The molecular formula is C24H21N5O2. The topological polar surface area (TPSA) is 92.5 Å². The number of hydrogen-bond donors (Lipinski definition) is 0. The molecule has 7 heteroatoms. The third-order valence-electron chi connectivity index (χ3n) is 5.19. The molecule has 0 spiro atoms. The van der Waals surface area contributed by atoms with Crippen LogP contribution >= 0.6 is 0 Å². The van der Waals surface area contributed by atoms with E-state index >= 15 is 0 Å². The smallest absolute Gasteiger partial charge is 0.278 e. The van der Waals surface area contributed by atoms with Crippen LogP contribution in [-0.2, 0) is 6.54 Å². The van der Waals surface area contributed by atoms with E-state index in [2.05, 4.69) is 11.1 Å². The molecule has 1 aromatic carbocycles. The van der Waals surface area contributed by atoms with E-state index < -0.39 is 5.91 Å². The largest absolute Gasteiger partial charge is 0.309 e. The minimum atomic E-state index is -0.449. The SMILES string of the molecule is CCCCn1c(=NC(=O)c2ccccc2)c(C#N)cc2c(=O)n3cccc(C)c3nc21. The van der Waals surface area contributed by atoms with Crippen molar-refractivity contribution in [2.75, 3.05) is 0 Å². The summed E-state index contributed by atoms with van der Waals surface area (Å²) in [6, 6.07) is 16.0. The number of benzene rings is 1. The maximum absolute atomic E-state index is 13.2. The van der Waals surface area contributed by atoms with Gasteiger partial charge in [-0.25, -0.2) is 4.98 Å². The lowest BCUT2D eigenvalue weighted by Crippen LogP contribution is -2.29. The van der Waals surface area contributed by atoms with E-state index in [1.54, 1.807) is 41.1 Å². The van der Waals surface area contributed by atoms with Crippen LogP contribution in [0.25, 0.3) is 16.7 Å². The molecule has 4 aromatic rings. The maximum atomic E-state index is 13.2. The molecular weight excluding hydrogens is 390 g/mol. The first kappa shape index (κ1) is 20.2. The lowest BCUT2D eigenvalue weighted by Gasteiger charge is -2.13. The third-order valence-corrected chi connectivity index (χ3v) is 5.19. The van der Waals surface area contributed by atoms with Crippen molar-refractivity contribution in [1.29, 1.82) is 5.26 Å². The van der Waals surface area contributed by atoms with E-state index in [1.165, 1.54) is 10.5 Å². The van der Waals surface area contributed by atoms with E-state index in [9.17, 15) is 14.9 Å². The van der Waals surface area contributed by atoms with Gasteiger partial charge in [-0.1, -0.05) is 37.6 Å². The molecule has 0 saturated carbocycles. The van der Waals surface area contributed by atoms with Crippen LogP contribution in [-0.4, -0.2) is 19.9 Å². The number of carbonyl (C=O) groups excluding carboxylic acids is 1. The monoisotopic (exact) mass is 411 g/mol. The molecule has 1 amide bonds. The lowest BCUT2D eigenvalue weighted by atomic mass is 10.2. The van der Waals surface area contributed by atoms with Crippen molar-refractivity contribution in [2.24, 2.45) is 4.99 Å². The van der Waals surface area contributed by atoms with Crippen LogP contribution in [0.15, 0.2) is 64.5 Å². The van der Waals surface area contributed by atoms with E-state index in [0.717, 1.165) is 18.4 Å². The number of fused-ring (bicyclic) bond motifs is 2. The molecule has 0 fully saturated rings. The molecule has 154 valence electrons. The number of aromatic nitrogens is 3. The number of hydrogen-bond acceptors (Lipinski definition) is 4. The van der Waals surface area contributed by atoms with Crippen LogP contribution in [0.2, 0.25) is 0 Å². The summed E-state index contributed by atoms with van der Waals surface area (Å²) in [5.74, 6) is -0.449. The summed E-state index contributed by atoms with van der Waals surface area (Å²) in [5.41, 5.74) is 2.37. The van der Waals surface area contributed by atoms with Crippen molar-refractivity contribution in [1.82, 2.24) is 14.0 Å². The highest BCUT2D eigenvalue weighted by Gasteiger charge is 2.16. The Bertz CT molecular complexity index is 1470. The molecule has 31 heavy (non-hydrogen) atoms. The van der Waals surface area contributed by atoms with Crippen LogP contribution in [0.3, 0.4) is 0 Å². The quantitative estimate of drug-likeness (QED) is 0.481. The number of aryl methyl sites for hydroxylation is 2. The van der Waals surface area contributed by atoms with Crippen molar-refractivity contribution in [2.45, 2.75) is 33.2 Å². The van der Waals surface area contributed by atoms with Gasteiger partial charge in [0.05, 0.1) is 10.9 Å². The van der Waals surface area contributed by atoms with Crippen LogP contribution in [0.1, 0.15) is 41.3 Å². The van der Waals surface area contributed by atoms with Crippen LogP contribution in [0, 0.1) is 18.3 Å². The van der Waals surface area contributed by atoms with Gasteiger partial charge in [0.25, 0.3) is 11.5 Å². The number of unbranched alkanes of at least 4 members (excludes halogenated alkanes) is 1. The highest BCUT2D eigenvalue weighted by molar-refractivity contribution is 5.95. The Morgan fingerprint density at radius 1 is 1.16 bits per heavy atom. The molecule has 0 aliphatic carbocycles. The molecule has 3 heterocycles. The summed E-state index contributed by atoms with van der Waals surface area (Å²) in [6.07, 6.45) is 3.34. The molecule has 0 bridgehead atoms. The standard InChI is InChI=1S/C24H21N5O2/c1-3-4-12-28-21(27-23(30)17-10-6-5-7-11-17)18(15-25)14-19-22(28)26-20-16(2)9-8-13-29(20)24(19)31/h5-11,13-14H,3-4,12H2,1-2H3. The highest BCUT2D eigenvalue weighted by Crippen LogP contribution is 2.13. The molecule has 7 nitrogen and oxygen atoms in total. The van der Waals surface area contributed by atoms with Crippen molar-refractivity contribution in [3.8, 4) is 6.07 Å². The van der Waals surface area contributed by atoms with Gasteiger partial charge in [0.1, 0.15) is 17.4 Å². The maximum Gasteiger partial charge on any atom is 0.278 e. The van der Waals surface area contributed by atoms with Gasteiger partial charge in [-0.2, -0.15) is 10.3 Å². The summed E-state index contributed by atoms with van der Waals surface area (Å²) in [4.78, 5) is 35.0. The average Bonchev–Trinajstić information content (AvgIpc) is 2.79. The van der Waals surface area contributed by atoms with E-state index in [0.29, 0.717) is 28.8 Å². The molecule has 0 aliphatic rings. The molecule has 0 unspecified atom stereocenters. The lowest BCUT2D eigenvalue weighted by molar-refractivity contribution is 0.0997. The molecule has 0 N–H and O–H groups in total. The molecule has 0 saturated heterocycles. The summed E-state index contributed by atoms with van der Waals surface area (Å²) in [5, 5.41) is 10.1. The Morgan fingerprint density at radius 2 is 1.94 bits per heavy atom. The van der Waals surface area contributed by atoms with Gasteiger partial charge in [-0.15, -0.1) is 0 Å². The van der Waals surface area contributed by atoms with E-state index in [-0.39, 0.29) is 16.6 Å². The molecule has 4 rings (SSSR count). The van der Waals surface area contributed by atoms with Crippen LogP contribution in [0.5, 0.6) is 0 Å². The first-order valence-corrected chi connectivity index (χ1v) is 10.1. The van der Waals surface area contributed by atoms with Crippen molar-refractivity contribution < 1.29 is 4.79 Å². The van der Waals surface area contributed by atoms with Gasteiger partial charge >= 0.3 is 0 Å². The summed E-state index contributed by atoms with van der Waals surface area (Å²) >= 11 is 0. The van der Waals surface area contributed by atoms with E-state index in [1.807, 2.05) is 26.0 Å². The van der Waals surface area contributed by atoms with Crippen LogP contribution in [0.4, 0.5) is 0 Å².